The molecule has 2 rings (SSSR count). The molecule has 3 N–H and O–H groups in total. The Morgan fingerprint density at radius 2 is 1.70 bits per heavy atom. The average Bonchev–Trinajstić information content (AvgIpc) is 2.54. The van der Waals surface area contributed by atoms with Gasteiger partial charge in [0.15, 0.2) is 0 Å². The maximum atomic E-state index is 11.9. The number of amides is 3. The second-order valence-corrected chi connectivity index (χ2v) is 5.39. The van der Waals surface area contributed by atoms with Gasteiger partial charge in [-0.2, -0.15) is 0 Å². The Morgan fingerprint density at radius 1 is 1.04 bits per heavy atom. The third-order valence-corrected chi connectivity index (χ3v) is 3.53. The van der Waals surface area contributed by atoms with Crippen molar-refractivity contribution >= 4 is 29.2 Å². The van der Waals surface area contributed by atoms with Crippen LogP contribution in [-0.2, 0) is 4.79 Å². The molecular weight excluding hydrogens is 314 g/mol. The van der Waals surface area contributed by atoms with Crippen LogP contribution in [0.2, 0.25) is 5.02 Å². The first kappa shape index (κ1) is 16.8. The average molecular weight is 332 g/mol. The van der Waals surface area contributed by atoms with Crippen LogP contribution in [-0.4, -0.2) is 18.5 Å². The first-order valence-electron chi connectivity index (χ1n) is 7.20. The molecule has 0 aliphatic rings. The summed E-state index contributed by atoms with van der Waals surface area (Å²) in [6, 6.07) is 15.6. The molecule has 120 valence electrons. The summed E-state index contributed by atoms with van der Waals surface area (Å²) < 4.78 is 0. The molecule has 0 saturated heterocycles. The highest BCUT2D eigenvalue weighted by Gasteiger charge is 2.12. The molecule has 0 spiro atoms. The summed E-state index contributed by atoms with van der Waals surface area (Å²) in [5.74, 6) is -0.291. The Labute approximate surface area is 140 Å². The molecule has 0 aliphatic heterocycles. The number of benzene rings is 2. The molecular formula is C17H18ClN3O2. The second-order valence-electron chi connectivity index (χ2n) is 4.98. The number of halogens is 1. The molecule has 0 radical (unpaired) electrons. The van der Waals surface area contributed by atoms with E-state index in [9.17, 15) is 9.59 Å². The van der Waals surface area contributed by atoms with Crippen molar-refractivity contribution in [3.05, 3.63) is 65.2 Å². The summed E-state index contributed by atoms with van der Waals surface area (Å²) >= 11 is 6.09. The topological polar surface area (TPSA) is 70.2 Å². The van der Waals surface area contributed by atoms with Crippen LogP contribution in [0.4, 0.5) is 10.5 Å². The van der Waals surface area contributed by atoms with Crippen molar-refractivity contribution in [3.8, 4) is 0 Å². The SMILES string of the molecule is C[C@H](NC(=O)CNC(=O)Nc1ccccc1)c1ccccc1Cl. The molecule has 0 fully saturated rings. The fourth-order valence-electron chi connectivity index (χ4n) is 2.05. The summed E-state index contributed by atoms with van der Waals surface area (Å²) in [7, 11) is 0. The Morgan fingerprint density at radius 3 is 2.39 bits per heavy atom. The van der Waals surface area contributed by atoms with Crippen molar-refractivity contribution in [1.29, 1.82) is 0 Å². The molecule has 0 bridgehead atoms. The normalized spacial score (nSPS) is 11.4. The third-order valence-electron chi connectivity index (χ3n) is 3.19. The van der Waals surface area contributed by atoms with Gasteiger partial charge in [-0.3, -0.25) is 4.79 Å². The maximum absolute atomic E-state index is 11.9. The van der Waals surface area contributed by atoms with Crippen molar-refractivity contribution in [2.45, 2.75) is 13.0 Å². The van der Waals surface area contributed by atoms with Gasteiger partial charge in [-0.15, -0.1) is 0 Å². The zero-order valence-electron chi connectivity index (χ0n) is 12.7. The third kappa shape index (κ3) is 5.30. The Kier molecular flexibility index (Phi) is 6.00. The number of hydrogen-bond donors (Lipinski definition) is 3. The van der Waals surface area contributed by atoms with Gasteiger partial charge in [0, 0.05) is 10.7 Å². The van der Waals surface area contributed by atoms with E-state index in [0.29, 0.717) is 10.7 Å². The van der Waals surface area contributed by atoms with Gasteiger partial charge in [0.25, 0.3) is 0 Å². The largest absolute Gasteiger partial charge is 0.348 e. The predicted octanol–water partition coefficient (Wildman–Crippen LogP) is 3.34. The number of urea groups is 1. The number of carbonyl (C=O) groups is 2. The van der Waals surface area contributed by atoms with E-state index in [0.717, 1.165) is 5.56 Å². The fourth-order valence-corrected chi connectivity index (χ4v) is 2.35. The van der Waals surface area contributed by atoms with Crippen LogP contribution in [0.3, 0.4) is 0 Å². The highest BCUT2D eigenvalue weighted by atomic mass is 35.5. The molecule has 6 heteroatoms. The zero-order chi connectivity index (χ0) is 16.7. The summed E-state index contributed by atoms with van der Waals surface area (Å²) in [5, 5.41) is 8.53. The van der Waals surface area contributed by atoms with E-state index in [4.69, 9.17) is 11.6 Å². The molecule has 3 amide bonds. The molecule has 5 nitrogen and oxygen atoms in total. The van der Waals surface area contributed by atoms with Crippen LogP contribution in [0.15, 0.2) is 54.6 Å². The highest BCUT2D eigenvalue weighted by molar-refractivity contribution is 6.31. The van der Waals surface area contributed by atoms with Crippen molar-refractivity contribution in [3.63, 3.8) is 0 Å². The molecule has 0 unspecified atom stereocenters. The maximum Gasteiger partial charge on any atom is 0.319 e. The van der Waals surface area contributed by atoms with Gasteiger partial charge in [0.2, 0.25) is 5.91 Å². The van der Waals surface area contributed by atoms with Gasteiger partial charge in [0.05, 0.1) is 12.6 Å². The van der Waals surface area contributed by atoms with Crippen molar-refractivity contribution in [1.82, 2.24) is 10.6 Å². The smallest absolute Gasteiger partial charge is 0.319 e. The Balaban J connectivity index is 1.79. The summed E-state index contributed by atoms with van der Waals surface area (Å²) in [5.41, 5.74) is 1.49. The summed E-state index contributed by atoms with van der Waals surface area (Å²) in [6.45, 7) is 1.72. The van der Waals surface area contributed by atoms with E-state index in [1.807, 2.05) is 43.3 Å². The van der Waals surface area contributed by atoms with Gasteiger partial charge in [-0.1, -0.05) is 48.0 Å². The van der Waals surface area contributed by atoms with Crippen LogP contribution in [0.25, 0.3) is 0 Å². The number of para-hydroxylation sites is 1. The number of nitrogens with one attached hydrogen (secondary N) is 3. The monoisotopic (exact) mass is 331 g/mol. The predicted molar refractivity (Wildman–Crippen MR) is 91.5 cm³/mol. The lowest BCUT2D eigenvalue weighted by molar-refractivity contribution is -0.120. The Bertz CT molecular complexity index is 677. The molecule has 2 aromatic rings. The van der Waals surface area contributed by atoms with Crippen LogP contribution in [0.5, 0.6) is 0 Å². The van der Waals surface area contributed by atoms with Gasteiger partial charge in [-0.25, -0.2) is 4.79 Å². The van der Waals surface area contributed by atoms with E-state index in [2.05, 4.69) is 16.0 Å². The molecule has 0 heterocycles. The van der Waals surface area contributed by atoms with E-state index in [1.165, 1.54) is 0 Å². The fraction of sp³-hybridized carbons (Fsp3) is 0.176. The summed E-state index contributed by atoms with van der Waals surface area (Å²) in [6.07, 6.45) is 0. The standard InChI is InChI=1S/C17H18ClN3O2/c1-12(14-9-5-6-10-15(14)18)20-16(22)11-19-17(23)21-13-7-3-2-4-8-13/h2-10,12H,11H2,1H3,(H,20,22)(H2,19,21,23)/t12-/m0/s1. The quantitative estimate of drug-likeness (QED) is 0.786. The van der Waals surface area contributed by atoms with Crippen LogP contribution >= 0.6 is 11.6 Å². The van der Waals surface area contributed by atoms with E-state index in [1.54, 1.807) is 18.2 Å². The van der Waals surface area contributed by atoms with Crippen LogP contribution in [0, 0.1) is 0 Å². The first-order valence-corrected chi connectivity index (χ1v) is 7.58. The molecule has 0 saturated carbocycles. The lowest BCUT2D eigenvalue weighted by Gasteiger charge is -2.16. The number of anilines is 1. The summed E-state index contributed by atoms with van der Waals surface area (Å²) in [4.78, 5) is 23.6. The minimum atomic E-state index is -0.434. The first-order chi connectivity index (χ1) is 11.1. The molecule has 0 aliphatic carbocycles. The van der Waals surface area contributed by atoms with E-state index in [-0.39, 0.29) is 18.5 Å². The number of hydrogen-bond acceptors (Lipinski definition) is 2. The minimum Gasteiger partial charge on any atom is -0.348 e. The van der Waals surface area contributed by atoms with Gasteiger partial charge in [0.1, 0.15) is 0 Å². The van der Waals surface area contributed by atoms with Gasteiger partial charge in [-0.05, 0) is 30.7 Å². The van der Waals surface area contributed by atoms with E-state index < -0.39 is 6.03 Å². The lowest BCUT2D eigenvalue weighted by Crippen LogP contribution is -2.39. The molecule has 2 aromatic carbocycles. The van der Waals surface area contributed by atoms with Crippen molar-refractivity contribution in [2.75, 3.05) is 11.9 Å². The van der Waals surface area contributed by atoms with Gasteiger partial charge < -0.3 is 16.0 Å². The second kappa shape index (κ2) is 8.19. The van der Waals surface area contributed by atoms with E-state index >= 15 is 0 Å². The van der Waals surface area contributed by atoms with Gasteiger partial charge >= 0.3 is 6.03 Å². The molecule has 23 heavy (non-hydrogen) atoms. The van der Waals surface area contributed by atoms with Crippen LogP contribution in [0.1, 0.15) is 18.5 Å². The number of rotatable bonds is 5. The number of carbonyl (C=O) groups excluding carboxylic acids is 2. The van der Waals surface area contributed by atoms with Crippen molar-refractivity contribution < 1.29 is 9.59 Å². The molecule has 1 atom stereocenters. The minimum absolute atomic E-state index is 0.118. The highest BCUT2D eigenvalue weighted by Crippen LogP contribution is 2.21. The zero-order valence-corrected chi connectivity index (χ0v) is 13.4. The van der Waals surface area contributed by atoms with Crippen molar-refractivity contribution in [2.24, 2.45) is 0 Å². The van der Waals surface area contributed by atoms with Crippen LogP contribution < -0.4 is 16.0 Å². The lowest BCUT2D eigenvalue weighted by atomic mass is 10.1. The molecule has 0 aromatic heterocycles. The Hall–Kier alpha value is -2.53.